The second-order valence-electron chi connectivity index (χ2n) is 2.83. The predicted octanol–water partition coefficient (Wildman–Crippen LogP) is 1.96. The molecule has 0 aliphatic rings. The monoisotopic (exact) mass is 189 g/mol. The fourth-order valence-electron chi connectivity index (χ4n) is 1.03. The molecule has 13 heavy (non-hydrogen) atoms. The van der Waals surface area contributed by atoms with Crippen molar-refractivity contribution in [2.24, 2.45) is 5.73 Å². The lowest BCUT2D eigenvalue weighted by molar-refractivity contribution is 0.116. The number of hydrogen-bond acceptors (Lipinski definition) is 1. The second kappa shape index (κ2) is 4.28. The predicted molar refractivity (Wildman–Crippen MR) is 44.1 cm³/mol. The van der Waals surface area contributed by atoms with Gasteiger partial charge in [-0.15, -0.1) is 0 Å². The first kappa shape index (κ1) is 10.1. The molecule has 0 fully saturated rings. The molecule has 0 heterocycles. The van der Waals surface area contributed by atoms with Crippen LogP contribution in [0.3, 0.4) is 0 Å². The van der Waals surface area contributed by atoms with E-state index in [4.69, 9.17) is 5.73 Å². The molecule has 1 rings (SSSR count). The number of benzene rings is 1. The minimum atomic E-state index is -2.57. The first-order chi connectivity index (χ1) is 6.09. The Hall–Kier alpha value is -1.03. The summed E-state index contributed by atoms with van der Waals surface area (Å²) in [6.07, 6.45) is -2.57. The van der Waals surface area contributed by atoms with Crippen LogP contribution in [-0.4, -0.2) is 12.5 Å². The first-order valence-electron chi connectivity index (χ1n) is 3.88. The van der Waals surface area contributed by atoms with Gasteiger partial charge in [0.05, 0.1) is 6.04 Å². The van der Waals surface area contributed by atoms with E-state index in [1.807, 2.05) is 0 Å². The molecule has 1 unspecified atom stereocenters. The summed E-state index contributed by atoms with van der Waals surface area (Å²) < 4.78 is 36.6. The topological polar surface area (TPSA) is 26.0 Å². The largest absolute Gasteiger partial charge is 0.323 e. The van der Waals surface area contributed by atoms with Crippen LogP contribution in [0.5, 0.6) is 0 Å². The molecule has 2 N–H and O–H groups in total. The van der Waals surface area contributed by atoms with Crippen LogP contribution in [0.15, 0.2) is 24.3 Å². The fourth-order valence-corrected chi connectivity index (χ4v) is 1.03. The molecule has 0 aromatic heterocycles. The summed E-state index contributed by atoms with van der Waals surface area (Å²) in [6.45, 7) is 0. The first-order valence-corrected chi connectivity index (χ1v) is 3.88. The lowest BCUT2D eigenvalue weighted by atomic mass is 10.1. The summed E-state index contributed by atoms with van der Waals surface area (Å²) in [4.78, 5) is 0. The molecule has 72 valence electrons. The highest BCUT2D eigenvalue weighted by Gasteiger charge is 2.15. The summed E-state index contributed by atoms with van der Waals surface area (Å²) in [7, 11) is 0. The van der Waals surface area contributed by atoms with Crippen molar-refractivity contribution in [3.05, 3.63) is 35.6 Å². The SMILES string of the molecule is NC(Cc1cccc(F)c1)C(F)F. The van der Waals surface area contributed by atoms with E-state index in [1.165, 1.54) is 18.2 Å². The molecule has 0 aliphatic heterocycles. The third-order valence-corrected chi connectivity index (χ3v) is 1.68. The highest BCUT2D eigenvalue weighted by Crippen LogP contribution is 2.09. The van der Waals surface area contributed by atoms with Gasteiger partial charge in [-0.1, -0.05) is 12.1 Å². The van der Waals surface area contributed by atoms with Crippen molar-refractivity contribution in [2.75, 3.05) is 0 Å². The van der Waals surface area contributed by atoms with E-state index in [9.17, 15) is 13.2 Å². The van der Waals surface area contributed by atoms with Gasteiger partial charge >= 0.3 is 0 Å². The van der Waals surface area contributed by atoms with E-state index in [0.717, 1.165) is 0 Å². The molecule has 1 nitrogen and oxygen atoms in total. The van der Waals surface area contributed by atoms with Crippen LogP contribution in [0, 0.1) is 5.82 Å². The quantitative estimate of drug-likeness (QED) is 0.772. The molecular weight excluding hydrogens is 179 g/mol. The smallest absolute Gasteiger partial charge is 0.253 e. The molecule has 0 saturated carbocycles. The Kier molecular flexibility index (Phi) is 3.31. The van der Waals surface area contributed by atoms with Gasteiger partial charge in [-0.05, 0) is 24.1 Å². The Morgan fingerprint density at radius 3 is 2.54 bits per heavy atom. The molecule has 1 atom stereocenters. The van der Waals surface area contributed by atoms with Gasteiger partial charge in [0.25, 0.3) is 6.43 Å². The van der Waals surface area contributed by atoms with Crippen molar-refractivity contribution < 1.29 is 13.2 Å². The maximum Gasteiger partial charge on any atom is 0.253 e. The summed E-state index contributed by atoms with van der Waals surface area (Å²) >= 11 is 0. The highest BCUT2D eigenvalue weighted by atomic mass is 19.3. The van der Waals surface area contributed by atoms with Crippen molar-refractivity contribution >= 4 is 0 Å². The Balaban J connectivity index is 2.64. The van der Waals surface area contributed by atoms with Gasteiger partial charge in [0.15, 0.2) is 0 Å². The van der Waals surface area contributed by atoms with Gasteiger partial charge in [0, 0.05) is 0 Å². The maximum absolute atomic E-state index is 12.6. The third kappa shape index (κ3) is 3.06. The second-order valence-corrected chi connectivity index (χ2v) is 2.83. The molecule has 1 aromatic rings. The Morgan fingerprint density at radius 2 is 2.00 bits per heavy atom. The number of alkyl halides is 2. The molecule has 0 radical (unpaired) electrons. The molecule has 1 aromatic carbocycles. The minimum Gasteiger partial charge on any atom is -0.323 e. The number of hydrogen-bond donors (Lipinski definition) is 1. The summed E-state index contributed by atoms with van der Waals surface area (Å²) in [5, 5.41) is 0. The normalized spacial score (nSPS) is 13.3. The zero-order chi connectivity index (χ0) is 9.84. The lowest BCUT2D eigenvalue weighted by Gasteiger charge is -2.09. The van der Waals surface area contributed by atoms with Crippen molar-refractivity contribution in [1.82, 2.24) is 0 Å². The Labute approximate surface area is 74.4 Å². The van der Waals surface area contributed by atoms with Gasteiger partial charge in [-0.2, -0.15) is 0 Å². The number of nitrogens with two attached hydrogens (primary N) is 1. The summed E-state index contributed by atoms with van der Waals surface area (Å²) in [5.41, 5.74) is 5.62. The van der Waals surface area contributed by atoms with Crippen molar-refractivity contribution in [3.63, 3.8) is 0 Å². The zero-order valence-corrected chi connectivity index (χ0v) is 6.88. The van der Waals surface area contributed by atoms with Gasteiger partial charge in [-0.25, -0.2) is 13.2 Å². The minimum absolute atomic E-state index is 0.00454. The lowest BCUT2D eigenvalue weighted by Crippen LogP contribution is -2.30. The van der Waals surface area contributed by atoms with Crippen LogP contribution in [0.25, 0.3) is 0 Å². The van der Waals surface area contributed by atoms with Crippen LogP contribution in [0.2, 0.25) is 0 Å². The van der Waals surface area contributed by atoms with Crippen LogP contribution in [0.4, 0.5) is 13.2 Å². The average molecular weight is 189 g/mol. The number of rotatable bonds is 3. The van der Waals surface area contributed by atoms with Gasteiger partial charge < -0.3 is 5.73 Å². The Bertz CT molecular complexity index is 275. The van der Waals surface area contributed by atoms with Crippen LogP contribution < -0.4 is 5.73 Å². The summed E-state index contributed by atoms with van der Waals surface area (Å²) in [6, 6.07) is 4.30. The van der Waals surface area contributed by atoms with E-state index >= 15 is 0 Å². The van der Waals surface area contributed by atoms with E-state index in [0.29, 0.717) is 5.56 Å². The third-order valence-electron chi connectivity index (χ3n) is 1.68. The maximum atomic E-state index is 12.6. The Morgan fingerprint density at radius 1 is 1.31 bits per heavy atom. The van der Waals surface area contributed by atoms with Crippen molar-refractivity contribution in [3.8, 4) is 0 Å². The molecule has 0 spiro atoms. The average Bonchev–Trinajstić information content (AvgIpc) is 2.04. The molecule has 4 heteroatoms. The van der Waals surface area contributed by atoms with Gasteiger partial charge in [0.2, 0.25) is 0 Å². The standard InChI is InChI=1S/C9H10F3N/c10-7-3-1-2-6(4-7)5-8(13)9(11)12/h1-4,8-9H,5,13H2. The van der Waals surface area contributed by atoms with Crippen molar-refractivity contribution in [1.29, 1.82) is 0 Å². The van der Waals surface area contributed by atoms with E-state index in [1.54, 1.807) is 6.07 Å². The van der Waals surface area contributed by atoms with Crippen molar-refractivity contribution in [2.45, 2.75) is 18.9 Å². The fraction of sp³-hybridized carbons (Fsp3) is 0.333. The van der Waals surface area contributed by atoms with E-state index in [-0.39, 0.29) is 6.42 Å². The van der Waals surface area contributed by atoms with Gasteiger partial charge in [0.1, 0.15) is 5.82 Å². The molecule has 0 amide bonds. The molecule has 0 saturated heterocycles. The van der Waals surface area contributed by atoms with Crippen LogP contribution in [-0.2, 0) is 6.42 Å². The van der Waals surface area contributed by atoms with E-state index < -0.39 is 18.3 Å². The molecule has 0 aliphatic carbocycles. The van der Waals surface area contributed by atoms with Crippen LogP contribution in [0.1, 0.15) is 5.56 Å². The summed E-state index contributed by atoms with van der Waals surface area (Å²) in [5.74, 6) is -0.432. The number of halogens is 3. The molecule has 0 bridgehead atoms. The van der Waals surface area contributed by atoms with Crippen LogP contribution >= 0.6 is 0 Å². The zero-order valence-electron chi connectivity index (χ0n) is 6.88. The molecular formula is C9H10F3N. The van der Waals surface area contributed by atoms with Gasteiger partial charge in [-0.3, -0.25) is 0 Å². The van der Waals surface area contributed by atoms with E-state index in [2.05, 4.69) is 0 Å². The highest BCUT2D eigenvalue weighted by molar-refractivity contribution is 5.17.